The Morgan fingerprint density at radius 1 is 1.04 bits per heavy atom. The molecule has 0 spiro atoms. The van der Waals surface area contributed by atoms with E-state index in [1.807, 2.05) is 0 Å². The summed E-state index contributed by atoms with van der Waals surface area (Å²) in [4.78, 5) is 4.84. The third kappa shape index (κ3) is 10.0. The molecule has 0 aromatic rings. The van der Waals surface area contributed by atoms with Crippen molar-refractivity contribution in [3.8, 4) is 0 Å². The summed E-state index contributed by atoms with van der Waals surface area (Å²) >= 11 is 0. The van der Waals surface area contributed by atoms with Crippen LogP contribution in [0.5, 0.6) is 0 Å². The molecule has 1 rings (SSSR count). The first-order valence-electron chi connectivity index (χ1n) is 9.35. The minimum absolute atomic E-state index is 0. The number of hydrogen-bond acceptors (Lipinski definition) is 3. The zero-order chi connectivity index (χ0) is 16.8. The van der Waals surface area contributed by atoms with Gasteiger partial charge in [0.05, 0.1) is 13.2 Å². The van der Waals surface area contributed by atoms with Gasteiger partial charge in [0, 0.05) is 33.4 Å². The highest BCUT2D eigenvalue weighted by Crippen LogP contribution is 2.41. The number of ether oxygens (including phenoxy) is 2. The van der Waals surface area contributed by atoms with Crippen molar-refractivity contribution in [1.29, 1.82) is 0 Å². The normalized spacial score (nSPS) is 16.7. The van der Waals surface area contributed by atoms with Gasteiger partial charge in [-0.25, -0.2) is 0 Å². The fourth-order valence-corrected chi connectivity index (χ4v) is 3.12. The van der Waals surface area contributed by atoms with Crippen LogP contribution in [-0.2, 0) is 9.47 Å². The van der Waals surface area contributed by atoms with Crippen molar-refractivity contribution in [2.24, 2.45) is 10.4 Å². The topological polar surface area (TPSA) is 54.9 Å². The van der Waals surface area contributed by atoms with E-state index in [1.165, 1.54) is 32.1 Å². The molecule has 0 saturated heterocycles. The molecule has 144 valence electrons. The predicted octanol–water partition coefficient (Wildman–Crippen LogP) is 3.57. The lowest BCUT2D eigenvalue weighted by Crippen LogP contribution is -2.38. The summed E-state index contributed by atoms with van der Waals surface area (Å²) in [5.74, 6) is 0.965. The Balaban J connectivity index is 0.00000529. The Morgan fingerprint density at radius 3 is 2.42 bits per heavy atom. The van der Waals surface area contributed by atoms with E-state index in [4.69, 9.17) is 14.5 Å². The highest BCUT2D eigenvalue weighted by Gasteiger charge is 2.31. The Hall–Kier alpha value is -0.0800. The van der Waals surface area contributed by atoms with Crippen LogP contribution in [0.15, 0.2) is 4.99 Å². The fraction of sp³-hybridized carbons (Fsp3) is 0.944. The van der Waals surface area contributed by atoms with Gasteiger partial charge in [-0.1, -0.05) is 19.8 Å². The monoisotopic (exact) mass is 455 g/mol. The number of methoxy groups -OCH3 is 1. The van der Waals surface area contributed by atoms with Crippen molar-refractivity contribution in [3.05, 3.63) is 0 Å². The van der Waals surface area contributed by atoms with Gasteiger partial charge in [-0.05, 0) is 44.4 Å². The molecule has 0 bridgehead atoms. The molecule has 0 atom stereocenters. The lowest BCUT2D eigenvalue weighted by atomic mass is 9.84. The van der Waals surface area contributed by atoms with Crippen molar-refractivity contribution >= 4 is 29.9 Å². The lowest BCUT2D eigenvalue weighted by Gasteiger charge is -2.25. The van der Waals surface area contributed by atoms with Crippen molar-refractivity contribution in [2.45, 2.75) is 58.8 Å². The summed E-state index contributed by atoms with van der Waals surface area (Å²) in [5, 5.41) is 6.80. The number of aliphatic imine (C=N–C) groups is 1. The third-order valence-electron chi connectivity index (χ3n) is 4.77. The zero-order valence-corrected chi connectivity index (χ0v) is 18.2. The van der Waals surface area contributed by atoms with E-state index in [9.17, 15) is 0 Å². The minimum atomic E-state index is 0. The molecule has 1 aliphatic rings. The van der Waals surface area contributed by atoms with E-state index in [2.05, 4.69) is 24.5 Å². The molecule has 0 aromatic carbocycles. The average Bonchev–Trinajstić information content (AvgIpc) is 3.04. The van der Waals surface area contributed by atoms with Gasteiger partial charge >= 0.3 is 0 Å². The van der Waals surface area contributed by atoms with Crippen LogP contribution in [0.4, 0.5) is 0 Å². The number of rotatable bonds is 12. The van der Waals surface area contributed by atoms with E-state index < -0.39 is 0 Å². The molecule has 5 nitrogen and oxygen atoms in total. The average molecular weight is 455 g/mol. The SMILES string of the molecule is CCNC(=NCC1(CC)CCCC1)NCCCCOCCOC.I. The molecule has 0 unspecified atom stereocenters. The smallest absolute Gasteiger partial charge is 0.191 e. The van der Waals surface area contributed by atoms with Crippen molar-refractivity contribution in [3.63, 3.8) is 0 Å². The second-order valence-electron chi connectivity index (χ2n) is 6.49. The Bertz CT molecular complexity index is 321. The van der Waals surface area contributed by atoms with Gasteiger partial charge in [-0.2, -0.15) is 0 Å². The standard InChI is InChI=1S/C18H37N3O2.HI/c1-4-18(10-6-7-11-18)16-21-17(19-5-2)20-12-8-9-13-23-15-14-22-3;/h4-16H2,1-3H3,(H2,19,20,21);1H. The molecular weight excluding hydrogens is 417 g/mol. The predicted molar refractivity (Wildman–Crippen MR) is 113 cm³/mol. The largest absolute Gasteiger partial charge is 0.382 e. The van der Waals surface area contributed by atoms with E-state index in [-0.39, 0.29) is 24.0 Å². The quantitative estimate of drug-likeness (QED) is 0.205. The summed E-state index contributed by atoms with van der Waals surface area (Å²) in [6.07, 6.45) is 8.82. The molecule has 0 aromatic heterocycles. The van der Waals surface area contributed by atoms with Crippen LogP contribution in [0.3, 0.4) is 0 Å². The van der Waals surface area contributed by atoms with Crippen LogP contribution >= 0.6 is 24.0 Å². The molecular formula is C18H38IN3O2. The molecule has 24 heavy (non-hydrogen) atoms. The van der Waals surface area contributed by atoms with Gasteiger partial charge in [0.25, 0.3) is 0 Å². The molecule has 2 N–H and O–H groups in total. The first kappa shape index (κ1) is 23.9. The maximum absolute atomic E-state index is 5.47. The molecule has 0 radical (unpaired) electrons. The highest BCUT2D eigenvalue weighted by molar-refractivity contribution is 14.0. The van der Waals surface area contributed by atoms with Gasteiger partial charge < -0.3 is 20.1 Å². The Kier molecular flexibility index (Phi) is 15.1. The van der Waals surface area contributed by atoms with Gasteiger partial charge in [0.15, 0.2) is 5.96 Å². The lowest BCUT2D eigenvalue weighted by molar-refractivity contribution is 0.0689. The molecule has 0 heterocycles. The van der Waals surface area contributed by atoms with E-state index in [0.29, 0.717) is 18.6 Å². The number of nitrogens with one attached hydrogen (secondary N) is 2. The number of unbranched alkanes of at least 4 members (excludes halogenated alkanes) is 1. The second kappa shape index (κ2) is 15.2. The van der Waals surface area contributed by atoms with Gasteiger partial charge in [0.2, 0.25) is 0 Å². The van der Waals surface area contributed by atoms with Crippen LogP contribution in [0, 0.1) is 5.41 Å². The van der Waals surface area contributed by atoms with Crippen LogP contribution in [0.1, 0.15) is 58.8 Å². The highest BCUT2D eigenvalue weighted by atomic mass is 127. The third-order valence-corrected chi connectivity index (χ3v) is 4.77. The Morgan fingerprint density at radius 2 is 1.79 bits per heavy atom. The van der Waals surface area contributed by atoms with E-state index in [0.717, 1.165) is 45.0 Å². The van der Waals surface area contributed by atoms with E-state index >= 15 is 0 Å². The van der Waals surface area contributed by atoms with E-state index in [1.54, 1.807) is 7.11 Å². The maximum Gasteiger partial charge on any atom is 0.191 e. The van der Waals surface area contributed by atoms with Crippen LogP contribution in [-0.4, -0.2) is 52.5 Å². The van der Waals surface area contributed by atoms with Crippen LogP contribution in [0.2, 0.25) is 0 Å². The second-order valence-corrected chi connectivity index (χ2v) is 6.49. The molecule has 0 amide bonds. The van der Waals surface area contributed by atoms with Gasteiger partial charge in [-0.15, -0.1) is 24.0 Å². The van der Waals surface area contributed by atoms with Gasteiger partial charge in [0.1, 0.15) is 0 Å². The Labute approximate surface area is 165 Å². The molecule has 0 aliphatic heterocycles. The molecule has 1 saturated carbocycles. The summed E-state index contributed by atoms with van der Waals surface area (Å²) in [6, 6.07) is 0. The fourth-order valence-electron chi connectivity index (χ4n) is 3.12. The van der Waals surface area contributed by atoms with Crippen molar-refractivity contribution in [2.75, 3.05) is 46.6 Å². The molecule has 1 aliphatic carbocycles. The summed E-state index contributed by atoms with van der Waals surface area (Å²) in [5.41, 5.74) is 0.456. The zero-order valence-electron chi connectivity index (χ0n) is 15.9. The number of hydrogen-bond donors (Lipinski definition) is 2. The number of nitrogens with zero attached hydrogens (tertiary/aromatic N) is 1. The summed E-state index contributed by atoms with van der Waals surface area (Å²) in [6.45, 7) is 9.40. The number of guanidine groups is 1. The summed E-state index contributed by atoms with van der Waals surface area (Å²) in [7, 11) is 1.70. The maximum atomic E-state index is 5.47. The first-order chi connectivity index (χ1) is 11.3. The van der Waals surface area contributed by atoms with Crippen LogP contribution in [0.25, 0.3) is 0 Å². The number of halogens is 1. The first-order valence-corrected chi connectivity index (χ1v) is 9.35. The van der Waals surface area contributed by atoms with Gasteiger partial charge in [-0.3, -0.25) is 4.99 Å². The van der Waals surface area contributed by atoms with Crippen molar-refractivity contribution < 1.29 is 9.47 Å². The van der Waals surface area contributed by atoms with Crippen LogP contribution < -0.4 is 10.6 Å². The van der Waals surface area contributed by atoms with Crippen molar-refractivity contribution in [1.82, 2.24) is 10.6 Å². The minimum Gasteiger partial charge on any atom is -0.382 e. The summed E-state index contributed by atoms with van der Waals surface area (Å²) < 4.78 is 10.4. The molecule has 6 heteroatoms. The molecule has 1 fully saturated rings.